The molecule has 0 saturated carbocycles. The molecule has 1 N–H and O–H groups in total. The van der Waals surface area contributed by atoms with Gasteiger partial charge in [-0.1, -0.05) is 12.1 Å². The molecule has 0 aliphatic carbocycles. The summed E-state index contributed by atoms with van der Waals surface area (Å²) < 4.78 is 33.4. The number of benzene rings is 2. The lowest BCUT2D eigenvalue weighted by Crippen LogP contribution is -2.44. The molecule has 0 unspecified atom stereocenters. The van der Waals surface area contributed by atoms with E-state index in [9.17, 15) is 8.42 Å². The van der Waals surface area contributed by atoms with E-state index in [2.05, 4.69) is 9.62 Å². The number of hydrogen-bond donors (Lipinski definition) is 1. The summed E-state index contributed by atoms with van der Waals surface area (Å²) in [5.74, 6) is 1.44. The molecule has 152 valence electrons. The highest BCUT2D eigenvalue weighted by Gasteiger charge is 2.24. The molecule has 0 atom stereocenters. The highest BCUT2D eigenvalue weighted by molar-refractivity contribution is 7.89. The summed E-state index contributed by atoms with van der Waals surface area (Å²) >= 11 is 5.71. The number of nitrogens with one attached hydrogen (secondary N) is 1. The van der Waals surface area contributed by atoms with Gasteiger partial charge in [0.2, 0.25) is 10.0 Å². The van der Waals surface area contributed by atoms with E-state index in [-0.39, 0.29) is 6.04 Å². The average Bonchev–Trinajstić information content (AvgIpc) is 2.73. The van der Waals surface area contributed by atoms with Crippen molar-refractivity contribution in [3.8, 4) is 5.75 Å². The summed E-state index contributed by atoms with van der Waals surface area (Å²) in [5, 5.41) is 0. The van der Waals surface area contributed by atoms with Crippen LogP contribution in [0.2, 0.25) is 0 Å². The first-order chi connectivity index (χ1) is 13.5. The minimum atomic E-state index is -3.50. The van der Waals surface area contributed by atoms with Crippen molar-refractivity contribution in [2.75, 3.05) is 31.0 Å². The van der Waals surface area contributed by atoms with Crippen LogP contribution in [0.5, 0.6) is 5.75 Å². The number of alkyl halides is 1. The van der Waals surface area contributed by atoms with Crippen LogP contribution >= 0.6 is 11.6 Å². The molecule has 0 spiro atoms. The molecule has 28 heavy (non-hydrogen) atoms. The van der Waals surface area contributed by atoms with E-state index in [1.807, 2.05) is 36.4 Å². The summed E-state index contributed by atoms with van der Waals surface area (Å²) in [6.45, 7) is 1.63. The van der Waals surface area contributed by atoms with Crippen molar-refractivity contribution in [3.05, 3.63) is 54.1 Å². The van der Waals surface area contributed by atoms with E-state index in [1.165, 1.54) is 0 Å². The first-order valence-corrected chi connectivity index (χ1v) is 11.6. The Labute approximate surface area is 172 Å². The van der Waals surface area contributed by atoms with Crippen molar-refractivity contribution >= 4 is 27.3 Å². The van der Waals surface area contributed by atoms with Crippen LogP contribution < -0.4 is 14.4 Å². The normalized spacial score (nSPS) is 15.6. The van der Waals surface area contributed by atoms with Gasteiger partial charge in [0.15, 0.2) is 0 Å². The minimum Gasteiger partial charge on any atom is -0.497 e. The van der Waals surface area contributed by atoms with Gasteiger partial charge >= 0.3 is 0 Å². The lowest BCUT2D eigenvalue weighted by Gasteiger charge is -2.33. The summed E-state index contributed by atoms with van der Waals surface area (Å²) in [7, 11) is -1.85. The Kier molecular flexibility index (Phi) is 7.21. The van der Waals surface area contributed by atoms with Crippen molar-refractivity contribution in [2.45, 2.75) is 36.6 Å². The van der Waals surface area contributed by atoms with Gasteiger partial charge in [-0.05, 0) is 67.6 Å². The van der Waals surface area contributed by atoms with Crippen LogP contribution in [-0.4, -0.2) is 40.5 Å². The maximum Gasteiger partial charge on any atom is 0.240 e. The topological polar surface area (TPSA) is 58.6 Å². The zero-order valence-corrected chi connectivity index (χ0v) is 17.7. The Balaban J connectivity index is 1.55. The van der Waals surface area contributed by atoms with E-state index < -0.39 is 10.0 Å². The molecule has 0 amide bonds. The molecule has 1 aliphatic rings. The Morgan fingerprint density at radius 1 is 1.07 bits per heavy atom. The van der Waals surface area contributed by atoms with Crippen LogP contribution in [0, 0.1) is 0 Å². The van der Waals surface area contributed by atoms with Gasteiger partial charge in [-0.2, -0.15) is 0 Å². The van der Waals surface area contributed by atoms with Crippen LogP contribution in [-0.2, 0) is 16.4 Å². The number of aryl methyl sites for hydroxylation is 1. The number of nitrogens with zero attached hydrogens (tertiary/aromatic N) is 1. The van der Waals surface area contributed by atoms with Crippen LogP contribution in [0.4, 0.5) is 5.69 Å². The van der Waals surface area contributed by atoms with Crippen molar-refractivity contribution in [3.63, 3.8) is 0 Å². The van der Waals surface area contributed by atoms with Crippen LogP contribution in [0.3, 0.4) is 0 Å². The summed E-state index contributed by atoms with van der Waals surface area (Å²) in [5.41, 5.74) is 2.24. The quantitative estimate of drug-likeness (QED) is 0.657. The molecular formula is C21H27ClN2O3S. The lowest BCUT2D eigenvalue weighted by atomic mass is 10.1. The molecule has 0 radical (unpaired) electrons. The van der Waals surface area contributed by atoms with Crippen molar-refractivity contribution in [2.24, 2.45) is 0 Å². The number of anilines is 1. The van der Waals surface area contributed by atoms with E-state index in [0.29, 0.717) is 10.8 Å². The van der Waals surface area contributed by atoms with Gasteiger partial charge in [0.1, 0.15) is 5.75 Å². The Morgan fingerprint density at radius 3 is 2.29 bits per heavy atom. The van der Waals surface area contributed by atoms with Gasteiger partial charge in [-0.25, -0.2) is 13.1 Å². The van der Waals surface area contributed by atoms with Crippen LogP contribution in [0.25, 0.3) is 0 Å². The lowest BCUT2D eigenvalue weighted by molar-refractivity contribution is 0.414. The fraction of sp³-hybridized carbons (Fsp3) is 0.429. The van der Waals surface area contributed by atoms with Crippen LogP contribution in [0.15, 0.2) is 53.4 Å². The summed E-state index contributed by atoms with van der Waals surface area (Å²) in [4.78, 5) is 2.59. The third-order valence-electron chi connectivity index (χ3n) is 5.09. The van der Waals surface area contributed by atoms with Gasteiger partial charge in [0.25, 0.3) is 0 Å². The minimum absolute atomic E-state index is 0.0459. The Hall–Kier alpha value is -1.76. The largest absolute Gasteiger partial charge is 0.497 e. The van der Waals surface area contributed by atoms with E-state index in [4.69, 9.17) is 16.3 Å². The smallest absolute Gasteiger partial charge is 0.240 e. The fourth-order valence-electron chi connectivity index (χ4n) is 3.44. The molecule has 7 heteroatoms. The molecular weight excluding hydrogens is 396 g/mol. The molecule has 1 heterocycles. The van der Waals surface area contributed by atoms with Crippen LogP contribution in [0.1, 0.15) is 24.8 Å². The Morgan fingerprint density at radius 2 is 1.71 bits per heavy atom. The van der Waals surface area contributed by atoms with Crippen molar-refractivity contribution in [1.29, 1.82) is 0 Å². The van der Waals surface area contributed by atoms with Crippen molar-refractivity contribution < 1.29 is 13.2 Å². The second-order valence-electron chi connectivity index (χ2n) is 7.02. The SMILES string of the molecule is COc1ccc(N2CCC(NS(=O)(=O)c3ccc(CCCCl)cc3)CC2)cc1. The highest BCUT2D eigenvalue weighted by atomic mass is 35.5. The molecule has 1 saturated heterocycles. The molecule has 1 aliphatic heterocycles. The van der Waals surface area contributed by atoms with Gasteiger partial charge in [0.05, 0.1) is 12.0 Å². The molecule has 1 fully saturated rings. The zero-order valence-electron chi connectivity index (χ0n) is 16.1. The summed E-state index contributed by atoms with van der Waals surface area (Å²) in [6.07, 6.45) is 3.30. The predicted molar refractivity (Wildman–Crippen MR) is 114 cm³/mol. The first kappa shape index (κ1) is 21.0. The van der Waals surface area contributed by atoms with E-state index >= 15 is 0 Å². The average molecular weight is 423 g/mol. The number of halogens is 1. The van der Waals surface area contributed by atoms with E-state index in [0.717, 1.165) is 55.8 Å². The summed E-state index contributed by atoms with van der Waals surface area (Å²) in [6, 6.07) is 15.0. The molecule has 2 aromatic carbocycles. The molecule has 0 aromatic heterocycles. The highest BCUT2D eigenvalue weighted by Crippen LogP contribution is 2.23. The first-order valence-electron chi connectivity index (χ1n) is 9.58. The number of sulfonamides is 1. The van der Waals surface area contributed by atoms with Gasteiger partial charge < -0.3 is 9.64 Å². The second kappa shape index (κ2) is 9.63. The predicted octanol–water partition coefficient (Wildman–Crippen LogP) is 3.81. The number of rotatable bonds is 8. The third-order valence-corrected chi connectivity index (χ3v) is 6.89. The third kappa shape index (κ3) is 5.40. The van der Waals surface area contributed by atoms with Crippen molar-refractivity contribution in [1.82, 2.24) is 4.72 Å². The zero-order chi connectivity index (χ0) is 20.0. The standard InChI is InChI=1S/C21H27ClN2O3S/c1-27-20-8-6-19(7-9-20)24-15-12-18(13-16-24)23-28(25,26)21-10-4-17(5-11-21)3-2-14-22/h4-11,18,23H,2-3,12-16H2,1H3. The van der Waals surface area contributed by atoms with Gasteiger partial charge in [-0.3, -0.25) is 0 Å². The maximum absolute atomic E-state index is 12.7. The van der Waals surface area contributed by atoms with Gasteiger partial charge in [0, 0.05) is 30.7 Å². The monoisotopic (exact) mass is 422 g/mol. The Bertz CT molecular complexity index is 846. The van der Waals surface area contributed by atoms with Gasteiger partial charge in [-0.15, -0.1) is 11.6 Å². The number of methoxy groups -OCH3 is 1. The number of piperidine rings is 1. The number of hydrogen-bond acceptors (Lipinski definition) is 4. The molecule has 3 rings (SSSR count). The van der Waals surface area contributed by atoms with E-state index in [1.54, 1.807) is 19.2 Å². The molecule has 5 nitrogen and oxygen atoms in total. The second-order valence-corrected chi connectivity index (χ2v) is 9.11. The molecule has 2 aromatic rings. The maximum atomic E-state index is 12.7. The number of ether oxygens (including phenoxy) is 1. The fourth-order valence-corrected chi connectivity index (χ4v) is 4.88. The molecule has 0 bridgehead atoms.